The van der Waals surface area contributed by atoms with E-state index in [0.717, 1.165) is 38.3 Å². The number of hydrogen-bond donors (Lipinski definition) is 2. The first-order chi connectivity index (χ1) is 13.2. The molecule has 0 spiro atoms. The number of rotatable bonds is 6. The van der Waals surface area contributed by atoms with E-state index >= 15 is 0 Å². The average molecular weight is 394 g/mol. The summed E-state index contributed by atoms with van der Waals surface area (Å²) >= 11 is 0. The maximum Gasteiger partial charge on any atom is 0.319 e. The van der Waals surface area contributed by atoms with Crippen molar-refractivity contribution in [1.82, 2.24) is 15.1 Å². The van der Waals surface area contributed by atoms with Gasteiger partial charge in [-0.25, -0.2) is 13.6 Å². The van der Waals surface area contributed by atoms with Crippen LogP contribution in [0.1, 0.15) is 25.8 Å². The first kappa shape index (κ1) is 20.5. The van der Waals surface area contributed by atoms with Crippen LogP contribution < -0.4 is 10.6 Å². The van der Waals surface area contributed by atoms with E-state index < -0.39 is 17.4 Å². The minimum Gasteiger partial charge on any atom is -0.340 e. The number of carbonyl (C=O) groups is 2. The normalized spacial score (nSPS) is 23.9. The summed E-state index contributed by atoms with van der Waals surface area (Å²) in [5.74, 6) is -2.59. The number of amides is 3. The van der Waals surface area contributed by atoms with Gasteiger partial charge >= 0.3 is 6.03 Å². The lowest BCUT2D eigenvalue weighted by Gasteiger charge is -2.34. The van der Waals surface area contributed by atoms with E-state index in [4.69, 9.17) is 0 Å². The fraction of sp³-hybridized carbons (Fsp3) is 0.600. The molecule has 0 bridgehead atoms. The molecular formula is C20H28F2N4O2. The lowest BCUT2D eigenvalue weighted by molar-refractivity contribution is -0.132. The van der Waals surface area contributed by atoms with Crippen LogP contribution >= 0.6 is 0 Å². The smallest absolute Gasteiger partial charge is 0.319 e. The van der Waals surface area contributed by atoms with Gasteiger partial charge in [0.1, 0.15) is 0 Å². The summed E-state index contributed by atoms with van der Waals surface area (Å²) in [5, 5.41) is 5.12. The molecule has 3 rings (SSSR count). The van der Waals surface area contributed by atoms with Gasteiger partial charge in [0.2, 0.25) is 5.91 Å². The maximum atomic E-state index is 13.2. The summed E-state index contributed by atoms with van der Waals surface area (Å²) in [4.78, 5) is 28.5. The largest absolute Gasteiger partial charge is 0.340 e. The Hall–Kier alpha value is -2.22. The van der Waals surface area contributed by atoms with Gasteiger partial charge in [-0.1, -0.05) is 26.0 Å². The van der Waals surface area contributed by atoms with E-state index in [2.05, 4.69) is 22.5 Å². The van der Waals surface area contributed by atoms with Crippen LogP contribution in [0.25, 0.3) is 0 Å². The highest BCUT2D eigenvalue weighted by atomic mass is 19.3. The quantitative estimate of drug-likeness (QED) is 0.780. The zero-order chi connectivity index (χ0) is 20.4. The molecule has 6 nitrogen and oxygen atoms in total. The molecule has 2 aliphatic rings. The van der Waals surface area contributed by atoms with E-state index in [1.54, 1.807) is 24.3 Å². The summed E-state index contributed by atoms with van der Waals surface area (Å²) in [6.07, 6.45) is 0.128. The molecule has 3 amide bonds. The Labute approximate surface area is 164 Å². The van der Waals surface area contributed by atoms with E-state index in [0.29, 0.717) is 12.1 Å². The second-order valence-electron chi connectivity index (χ2n) is 7.94. The first-order valence-corrected chi connectivity index (χ1v) is 9.74. The molecule has 1 saturated heterocycles. The van der Waals surface area contributed by atoms with Crippen molar-refractivity contribution in [3.05, 3.63) is 29.8 Å². The van der Waals surface area contributed by atoms with Gasteiger partial charge in [-0.15, -0.1) is 0 Å². The number of benzene rings is 1. The van der Waals surface area contributed by atoms with Crippen molar-refractivity contribution in [3.8, 4) is 0 Å². The predicted molar refractivity (Wildman–Crippen MR) is 104 cm³/mol. The second kappa shape index (κ2) is 8.03. The van der Waals surface area contributed by atoms with Crippen LogP contribution in [0.3, 0.4) is 0 Å². The van der Waals surface area contributed by atoms with Gasteiger partial charge in [-0.05, 0) is 24.2 Å². The highest BCUT2D eigenvalue weighted by Gasteiger charge is 2.67. The number of carbonyl (C=O) groups excluding carboxylic acids is 2. The SMILES string of the molecule is CCN1CCN(C(=O)Cc2ccc(NC(=O)NCC3(C)CC3(F)F)cc2)CC1. The van der Waals surface area contributed by atoms with Crippen molar-refractivity contribution < 1.29 is 18.4 Å². The number of hydrogen-bond acceptors (Lipinski definition) is 3. The minimum atomic E-state index is -2.70. The molecule has 1 aliphatic heterocycles. The molecule has 1 heterocycles. The number of halogens is 2. The van der Waals surface area contributed by atoms with Gasteiger partial charge < -0.3 is 20.4 Å². The number of nitrogens with one attached hydrogen (secondary N) is 2. The van der Waals surface area contributed by atoms with Gasteiger partial charge in [0.15, 0.2) is 0 Å². The maximum absolute atomic E-state index is 13.2. The zero-order valence-electron chi connectivity index (χ0n) is 16.4. The van der Waals surface area contributed by atoms with Crippen molar-refractivity contribution in [2.45, 2.75) is 32.6 Å². The summed E-state index contributed by atoms with van der Waals surface area (Å²) in [5.41, 5.74) is 0.286. The number of anilines is 1. The number of likely N-dealkylation sites (N-methyl/N-ethyl adjacent to an activating group) is 1. The standard InChI is InChI=1S/C20H28F2N4O2/c1-3-25-8-10-26(11-9-25)17(27)12-15-4-6-16(7-5-15)24-18(28)23-14-19(2)13-20(19,21)22/h4-7H,3,8-14H2,1-2H3,(H2,23,24,28). The molecule has 0 radical (unpaired) electrons. The van der Waals surface area contributed by atoms with Gasteiger partial charge in [0.25, 0.3) is 5.92 Å². The number of piperazine rings is 1. The van der Waals surface area contributed by atoms with E-state index in [-0.39, 0.29) is 18.9 Å². The Kier molecular flexibility index (Phi) is 5.88. The summed E-state index contributed by atoms with van der Waals surface area (Å²) in [7, 11) is 0. The minimum absolute atomic E-state index is 0.0658. The van der Waals surface area contributed by atoms with Crippen molar-refractivity contribution in [2.24, 2.45) is 5.41 Å². The summed E-state index contributed by atoms with van der Waals surface area (Å²) < 4.78 is 26.3. The highest BCUT2D eigenvalue weighted by Crippen LogP contribution is 2.59. The molecule has 1 aromatic rings. The lowest BCUT2D eigenvalue weighted by Crippen LogP contribution is -2.48. The van der Waals surface area contributed by atoms with Gasteiger partial charge in [-0.2, -0.15) is 0 Å². The molecule has 1 aliphatic carbocycles. The molecule has 28 heavy (non-hydrogen) atoms. The van der Waals surface area contributed by atoms with Gasteiger partial charge in [0.05, 0.1) is 11.8 Å². The number of nitrogens with zero attached hydrogens (tertiary/aromatic N) is 2. The molecular weight excluding hydrogens is 366 g/mol. The predicted octanol–water partition coefficient (Wildman–Crippen LogP) is 2.56. The third kappa shape index (κ3) is 4.79. The lowest BCUT2D eigenvalue weighted by atomic mass is 10.1. The molecule has 1 aromatic carbocycles. The molecule has 1 unspecified atom stereocenters. The molecule has 2 fully saturated rings. The van der Waals surface area contributed by atoms with Crippen LogP contribution in [0, 0.1) is 5.41 Å². The van der Waals surface area contributed by atoms with Crippen molar-refractivity contribution >= 4 is 17.6 Å². The van der Waals surface area contributed by atoms with Crippen LogP contribution in [0.4, 0.5) is 19.3 Å². The van der Waals surface area contributed by atoms with Gasteiger partial charge in [-0.3, -0.25) is 4.79 Å². The monoisotopic (exact) mass is 394 g/mol. The van der Waals surface area contributed by atoms with Crippen molar-refractivity contribution in [2.75, 3.05) is 44.6 Å². The molecule has 154 valence electrons. The fourth-order valence-electron chi connectivity index (χ4n) is 3.39. The Bertz CT molecular complexity index is 717. The fourth-order valence-corrected chi connectivity index (χ4v) is 3.39. The first-order valence-electron chi connectivity index (χ1n) is 9.74. The van der Waals surface area contributed by atoms with Crippen LogP contribution in [0.5, 0.6) is 0 Å². The molecule has 1 saturated carbocycles. The third-order valence-electron chi connectivity index (χ3n) is 5.75. The van der Waals surface area contributed by atoms with Crippen LogP contribution in [-0.2, 0) is 11.2 Å². The zero-order valence-corrected chi connectivity index (χ0v) is 16.4. The van der Waals surface area contributed by atoms with Crippen molar-refractivity contribution in [1.29, 1.82) is 0 Å². The van der Waals surface area contributed by atoms with E-state index in [1.807, 2.05) is 4.90 Å². The highest BCUT2D eigenvalue weighted by molar-refractivity contribution is 5.89. The van der Waals surface area contributed by atoms with E-state index in [1.165, 1.54) is 6.92 Å². The summed E-state index contributed by atoms with van der Waals surface area (Å²) in [6, 6.07) is 6.51. The Morgan fingerprint density at radius 1 is 1.11 bits per heavy atom. The Balaban J connectivity index is 1.43. The summed E-state index contributed by atoms with van der Waals surface area (Å²) in [6.45, 7) is 7.84. The third-order valence-corrected chi connectivity index (χ3v) is 5.75. The topological polar surface area (TPSA) is 64.7 Å². The van der Waals surface area contributed by atoms with Gasteiger partial charge in [0, 0.05) is 44.8 Å². The van der Waals surface area contributed by atoms with Crippen molar-refractivity contribution in [3.63, 3.8) is 0 Å². The van der Waals surface area contributed by atoms with Crippen LogP contribution in [-0.4, -0.2) is 66.9 Å². The Morgan fingerprint density at radius 3 is 2.25 bits per heavy atom. The van der Waals surface area contributed by atoms with E-state index in [9.17, 15) is 18.4 Å². The van der Waals surface area contributed by atoms with Crippen LogP contribution in [0.2, 0.25) is 0 Å². The molecule has 1 atom stereocenters. The molecule has 8 heteroatoms. The Morgan fingerprint density at radius 2 is 1.71 bits per heavy atom. The second-order valence-corrected chi connectivity index (χ2v) is 7.94. The number of alkyl halides is 2. The van der Waals surface area contributed by atoms with Crippen LogP contribution in [0.15, 0.2) is 24.3 Å². The molecule has 0 aromatic heterocycles. The molecule has 2 N–H and O–H groups in total. The number of urea groups is 1. The average Bonchev–Trinajstić information content (AvgIpc) is 3.19.